The van der Waals surface area contributed by atoms with E-state index in [-0.39, 0.29) is 0 Å². The molecular formula is C10H9F3O3S. The van der Waals surface area contributed by atoms with Gasteiger partial charge in [-0.1, -0.05) is 12.1 Å². The maximum atomic E-state index is 13.4. The molecule has 2 atom stereocenters. The van der Waals surface area contributed by atoms with Gasteiger partial charge in [0, 0.05) is 11.8 Å². The molecule has 0 amide bonds. The summed E-state index contributed by atoms with van der Waals surface area (Å²) in [6.45, 7) is 0. The van der Waals surface area contributed by atoms with E-state index in [1.807, 2.05) is 0 Å². The Labute approximate surface area is 95.8 Å². The van der Waals surface area contributed by atoms with E-state index in [1.54, 1.807) is 0 Å². The third-order valence-corrected chi connectivity index (χ3v) is 3.90. The highest BCUT2D eigenvalue weighted by Crippen LogP contribution is 2.53. The molecule has 3 nitrogen and oxygen atoms in total. The van der Waals surface area contributed by atoms with E-state index in [0.29, 0.717) is 0 Å². The quantitative estimate of drug-likeness (QED) is 0.843. The van der Waals surface area contributed by atoms with E-state index in [2.05, 4.69) is 0 Å². The molecule has 1 aromatic rings. The van der Waals surface area contributed by atoms with E-state index in [0.717, 1.165) is 18.4 Å². The summed E-state index contributed by atoms with van der Waals surface area (Å²) >= 11 is 0. The first-order valence-corrected chi connectivity index (χ1v) is 6.59. The Balaban J connectivity index is 2.76. The van der Waals surface area contributed by atoms with Crippen LogP contribution in [-0.4, -0.2) is 25.7 Å². The van der Waals surface area contributed by atoms with Crippen molar-refractivity contribution in [2.75, 3.05) is 6.26 Å². The maximum absolute atomic E-state index is 13.4. The van der Waals surface area contributed by atoms with Crippen LogP contribution in [0, 0.1) is 0 Å². The smallest absolute Gasteiger partial charge is 0.312 e. The van der Waals surface area contributed by atoms with Gasteiger partial charge in [-0.3, -0.25) is 0 Å². The largest absolute Gasteiger partial charge is 0.382 e. The summed E-state index contributed by atoms with van der Waals surface area (Å²) in [6.07, 6.45) is -4.30. The van der Waals surface area contributed by atoms with Crippen LogP contribution in [0.15, 0.2) is 23.1 Å². The average Bonchev–Trinajstić information content (AvgIpc) is 2.39. The third kappa shape index (κ3) is 1.64. The number of alkyl halides is 3. The first kappa shape index (κ1) is 12.4. The zero-order chi connectivity index (χ0) is 13.0. The first-order valence-electron chi connectivity index (χ1n) is 4.70. The molecule has 2 rings (SSSR count). The zero-order valence-corrected chi connectivity index (χ0v) is 9.51. The van der Waals surface area contributed by atoms with Crippen molar-refractivity contribution in [1.82, 2.24) is 0 Å². The number of fused-ring (bicyclic) bond motifs is 1. The van der Waals surface area contributed by atoms with Gasteiger partial charge in [0.05, 0.1) is 4.90 Å². The average molecular weight is 266 g/mol. The lowest BCUT2D eigenvalue weighted by Gasteiger charge is -2.16. The number of halogens is 3. The van der Waals surface area contributed by atoms with E-state index in [4.69, 9.17) is 0 Å². The lowest BCUT2D eigenvalue weighted by molar-refractivity contribution is -0.143. The molecule has 1 N–H and O–H groups in total. The van der Waals surface area contributed by atoms with Gasteiger partial charge in [-0.25, -0.2) is 12.8 Å². The Morgan fingerprint density at radius 2 is 1.94 bits per heavy atom. The van der Waals surface area contributed by atoms with Crippen molar-refractivity contribution in [2.45, 2.75) is 23.1 Å². The number of aliphatic hydroxyl groups excluding tert-OH is 1. The Hall–Kier alpha value is -1.08. The molecule has 1 aliphatic rings. The third-order valence-electron chi connectivity index (χ3n) is 2.75. The summed E-state index contributed by atoms with van der Waals surface area (Å²) in [5.41, 5.74) is -1.00. The second-order valence-electron chi connectivity index (χ2n) is 3.97. The maximum Gasteiger partial charge on any atom is 0.312 e. The van der Waals surface area contributed by atoms with Crippen molar-refractivity contribution >= 4 is 9.84 Å². The molecular weight excluding hydrogens is 257 g/mol. The highest BCUT2D eigenvalue weighted by molar-refractivity contribution is 7.90. The van der Waals surface area contributed by atoms with Gasteiger partial charge < -0.3 is 5.11 Å². The molecule has 1 aromatic carbocycles. The molecule has 0 heterocycles. The molecule has 2 unspecified atom stereocenters. The SMILES string of the molecule is CS(=O)(=O)c1cccc2c1C(O)C(F)(F)C2F. The van der Waals surface area contributed by atoms with Crippen LogP contribution in [0.5, 0.6) is 0 Å². The van der Waals surface area contributed by atoms with Gasteiger partial charge in [-0.2, -0.15) is 8.78 Å². The monoisotopic (exact) mass is 266 g/mol. The molecule has 0 bridgehead atoms. The fourth-order valence-corrected chi connectivity index (χ4v) is 2.89. The van der Waals surface area contributed by atoms with Crippen LogP contribution in [0.1, 0.15) is 23.4 Å². The van der Waals surface area contributed by atoms with Crippen molar-refractivity contribution in [2.24, 2.45) is 0 Å². The summed E-state index contributed by atoms with van der Waals surface area (Å²) in [7, 11) is -3.79. The lowest BCUT2D eigenvalue weighted by Crippen LogP contribution is -2.24. The minimum Gasteiger partial charge on any atom is -0.382 e. The topological polar surface area (TPSA) is 54.4 Å². The van der Waals surface area contributed by atoms with Gasteiger partial charge in [-0.15, -0.1) is 0 Å². The molecule has 0 aliphatic heterocycles. The highest BCUT2D eigenvalue weighted by Gasteiger charge is 2.57. The van der Waals surface area contributed by atoms with Gasteiger partial charge in [0.2, 0.25) is 0 Å². The molecule has 0 saturated heterocycles. The van der Waals surface area contributed by atoms with E-state index in [9.17, 15) is 26.7 Å². The number of benzene rings is 1. The Bertz CT molecular complexity index is 568. The Morgan fingerprint density at radius 3 is 2.47 bits per heavy atom. The fraction of sp³-hybridized carbons (Fsp3) is 0.400. The Morgan fingerprint density at radius 1 is 1.35 bits per heavy atom. The van der Waals surface area contributed by atoms with Gasteiger partial charge >= 0.3 is 5.92 Å². The standard InChI is InChI=1S/C10H9F3O3S/c1-17(15,16)6-4-2-3-5-7(6)9(14)10(12,13)8(5)11/h2-4,8-9,14H,1H3. The summed E-state index contributed by atoms with van der Waals surface area (Å²) in [4.78, 5) is -0.456. The van der Waals surface area contributed by atoms with Crippen molar-refractivity contribution in [1.29, 1.82) is 0 Å². The van der Waals surface area contributed by atoms with Crippen LogP contribution in [0.3, 0.4) is 0 Å². The number of hydrogen-bond acceptors (Lipinski definition) is 3. The molecule has 0 fully saturated rings. The normalized spacial score (nSPS) is 26.9. The molecule has 0 radical (unpaired) electrons. The molecule has 0 saturated carbocycles. The molecule has 0 aromatic heterocycles. The van der Waals surface area contributed by atoms with E-state index in [1.165, 1.54) is 6.07 Å². The van der Waals surface area contributed by atoms with Gasteiger partial charge in [0.15, 0.2) is 16.0 Å². The minimum absolute atomic E-state index is 0.456. The van der Waals surface area contributed by atoms with Crippen molar-refractivity contribution in [3.8, 4) is 0 Å². The Kier molecular flexibility index (Phi) is 2.52. The molecule has 17 heavy (non-hydrogen) atoms. The van der Waals surface area contributed by atoms with Crippen LogP contribution >= 0.6 is 0 Å². The molecule has 0 spiro atoms. The second-order valence-corrected chi connectivity index (χ2v) is 5.95. The fourth-order valence-electron chi connectivity index (χ4n) is 1.94. The van der Waals surface area contributed by atoms with Crippen LogP contribution in [0.2, 0.25) is 0 Å². The van der Waals surface area contributed by atoms with Crippen molar-refractivity contribution in [3.05, 3.63) is 29.3 Å². The highest BCUT2D eigenvalue weighted by atomic mass is 32.2. The van der Waals surface area contributed by atoms with Crippen LogP contribution in [0.25, 0.3) is 0 Å². The number of rotatable bonds is 1. The summed E-state index contributed by atoms with van der Waals surface area (Å²) in [6, 6.07) is 3.31. The van der Waals surface area contributed by atoms with Crippen LogP contribution in [0.4, 0.5) is 13.2 Å². The molecule has 1 aliphatic carbocycles. The van der Waals surface area contributed by atoms with Crippen molar-refractivity contribution < 1.29 is 26.7 Å². The van der Waals surface area contributed by atoms with Gasteiger partial charge in [-0.05, 0) is 11.6 Å². The first-order chi connectivity index (χ1) is 7.67. The lowest BCUT2D eigenvalue weighted by atomic mass is 10.1. The summed E-state index contributed by atoms with van der Waals surface area (Å²) < 4.78 is 62.7. The van der Waals surface area contributed by atoms with Crippen LogP contribution in [-0.2, 0) is 9.84 Å². The summed E-state index contributed by atoms with van der Waals surface area (Å²) in [5.74, 6) is -4.00. The number of hydrogen-bond donors (Lipinski definition) is 1. The molecule has 7 heteroatoms. The van der Waals surface area contributed by atoms with E-state index < -0.39 is 44.1 Å². The second kappa shape index (κ2) is 3.46. The van der Waals surface area contributed by atoms with Gasteiger partial charge in [0.25, 0.3) is 0 Å². The zero-order valence-electron chi connectivity index (χ0n) is 8.69. The van der Waals surface area contributed by atoms with Crippen molar-refractivity contribution in [3.63, 3.8) is 0 Å². The van der Waals surface area contributed by atoms with Crippen LogP contribution < -0.4 is 0 Å². The molecule has 94 valence electrons. The van der Waals surface area contributed by atoms with Gasteiger partial charge in [0.1, 0.15) is 6.10 Å². The predicted molar refractivity (Wildman–Crippen MR) is 53.3 cm³/mol. The number of sulfone groups is 1. The summed E-state index contributed by atoms with van der Waals surface area (Å²) in [5, 5.41) is 9.37. The minimum atomic E-state index is -4.00. The number of aliphatic hydroxyl groups is 1. The van der Waals surface area contributed by atoms with E-state index >= 15 is 0 Å². The predicted octanol–water partition coefficient (Wildman–Crippen LogP) is 1.78.